The number of methoxy groups -OCH3 is 1. The first-order valence-corrected chi connectivity index (χ1v) is 3.77. The zero-order valence-electron chi connectivity index (χ0n) is 6.86. The summed E-state index contributed by atoms with van der Waals surface area (Å²) >= 11 is 0. The quantitative estimate of drug-likeness (QED) is 0.542. The fourth-order valence-electron chi connectivity index (χ4n) is 1.24. The van der Waals surface area contributed by atoms with Crippen molar-refractivity contribution in [3.8, 4) is 0 Å². The summed E-state index contributed by atoms with van der Waals surface area (Å²) in [6, 6.07) is -0.233. The molecule has 3 N–H and O–H groups in total. The van der Waals surface area contributed by atoms with Gasteiger partial charge in [0.25, 0.3) is 0 Å². The first-order valence-electron chi connectivity index (χ1n) is 3.77. The number of aliphatic hydroxyl groups is 1. The molecule has 0 aromatic heterocycles. The molecule has 4 atom stereocenters. The van der Waals surface area contributed by atoms with Crippen LogP contribution < -0.4 is 5.73 Å². The Balaban J connectivity index is 2.47. The number of hydrogen-bond donors (Lipinski definition) is 2. The van der Waals surface area contributed by atoms with Crippen LogP contribution in [0.1, 0.15) is 13.3 Å². The van der Waals surface area contributed by atoms with Crippen LogP contribution in [-0.4, -0.2) is 36.8 Å². The molecule has 1 aliphatic rings. The van der Waals surface area contributed by atoms with E-state index in [-0.39, 0.29) is 18.4 Å². The Labute approximate surface area is 66.3 Å². The predicted octanol–water partition coefficient (Wildman–Crippen LogP) is -0.544. The van der Waals surface area contributed by atoms with Crippen LogP contribution in [0.5, 0.6) is 0 Å². The molecule has 1 fully saturated rings. The van der Waals surface area contributed by atoms with E-state index in [0.29, 0.717) is 6.42 Å². The summed E-state index contributed by atoms with van der Waals surface area (Å²) < 4.78 is 10.2. The SMILES string of the molecule is CO[C@H]1CC(N)[C@@H](O)C(C)O1. The van der Waals surface area contributed by atoms with E-state index in [2.05, 4.69) is 0 Å². The highest BCUT2D eigenvalue weighted by atomic mass is 16.7. The number of nitrogens with two attached hydrogens (primary N) is 1. The van der Waals surface area contributed by atoms with Gasteiger partial charge in [0.1, 0.15) is 0 Å². The van der Waals surface area contributed by atoms with Crippen molar-refractivity contribution in [2.45, 2.75) is 37.9 Å². The molecule has 0 saturated carbocycles. The average molecular weight is 161 g/mol. The normalized spacial score (nSPS) is 45.8. The van der Waals surface area contributed by atoms with E-state index < -0.39 is 6.10 Å². The largest absolute Gasteiger partial charge is 0.389 e. The molecule has 0 amide bonds. The van der Waals surface area contributed by atoms with Crippen LogP contribution in [0.15, 0.2) is 0 Å². The molecule has 0 radical (unpaired) electrons. The number of aliphatic hydroxyl groups excluding tert-OH is 1. The number of rotatable bonds is 1. The highest BCUT2D eigenvalue weighted by Gasteiger charge is 2.32. The molecule has 1 rings (SSSR count). The maximum Gasteiger partial charge on any atom is 0.159 e. The molecule has 1 heterocycles. The van der Waals surface area contributed by atoms with Crippen LogP contribution in [0.4, 0.5) is 0 Å². The average Bonchev–Trinajstić information content (AvgIpc) is 1.99. The predicted molar refractivity (Wildman–Crippen MR) is 39.9 cm³/mol. The van der Waals surface area contributed by atoms with Crippen molar-refractivity contribution in [2.24, 2.45) is 5.73 Å². The van der Waals surface area contributed by atoms with Gasteiger partial charge in [-0.15, -0.1) is 0 Å². The summed E-state index contributed by atoms with van der Waals surface area (Å²) in [5.74, 6) is 0. The fraction of sp³-hybridized carbons (Fsp3) is 1.00. The van der Waals surface area contributed by atoms with Gasteiger partial charge in [-0.05, 0) is 6.92 Å². The zero-order chi connectivity index (χ0) is 8.43. The van der Waals surface area contributed by atoms with Gasteiger partial charge < -0.3 is 20.3 Å². The molecule has 4 nitrogen and oxygen atoms in total. The van der Waals surface area contributed by atoms with Crippen molar-refractivity contribution >= 4 is 0 Å². The number of hydrogen-bond acceptors (Lipinski definition) is 4. The Morgan fingerprint density at radius 2 is 2.27 bits per heavy atom. The summed E-state index contributed by atoms with van der Waals surface area (Å²) in [5, 5.41) is 9.35. The van der Waals surface area contributed by atoms with Crippen LogP contribution >= 0.6 is 0 Å². The second-order valence-corrected chi connectivity index (χ2v) is 2.90. The van der Waals surface area contributed by atoms with Gasteiger partial charge >= 0.3 is 0 Å². The van der Waals surface area contributed by atoms with Crippen LogP contribution in [0.25, 0.3) is 0 Å². The Bertz CT molecular complexity index is 119. The third kappa shape index (κ3) is 1.90. The second-order valence-electron chi connectivity index (χ2n) is 2.90. The van der Waals surface area contributed by atoms with Crippen molar-refractivity contribution in [1.29, 1.82) is 0 Å². The topological polar surface area (TPSA) is 64.7 Å². The van der Waals surface area contributed by atoms with Crippen LogP contribution in [-0.2, 0) is 9.47 Å². The van der Waals surface area contributed by atoms with E-state index in [4.69, 9.17) is 15.2 Å². The minimum Gasteiger partial charge on any atom is -0.389 e. The Kier molecular flexibility index (Phi) is 2.84. The molecule has 0 spiro atoms. The molecule has 0 bridgehead atoms. The Morgan fingerprint density at radius 3 is 2.73 bits per heavy atom. The van der Waals surface area contributed by atoms with E-state index in [9.17, 15) is 5.11 Å². The van der Waals surface area contributed by atoms with Gasteiger partial charge in [-0.1, -0.05) is 0 Å². The molecule has 0 aliphatic carbocycles. The van der Waals surface area contributed by atoms with Gasteiger partial charge in [0.2, 0.25) is 0 Å². The van der Waals surface area contributed by atoms with Crippen LogP contribution in [0.2, 0.25) is 0 Å². The molecular formula is C7H15NO3. The van der Waals surface area contributed by atoms with E-state index in [1.165, 1.54) is 0 Å². The Hall–Kier alpha value is -0.160. The summed E-state index contributed by atoms with van der Waals surface area (Å²) in [5.41, 5.74) is 5.62. The van der Waals surface area contributed by atoms with E-state index >= 15 is 0 Å². The van der Waals surface area contributed by atoms with Crippen LogP contribution in [0, 0.1) is 0 Å². The van der Waals surface area contributed by atoms with Crippen LogP contribution in [0.3, 0.4) is 0 Å². The van der Waals surface area contributed by atoms with Crippen molar-refractivity contribution in [1.82, 2.24) is 0 Å². The minimum atomic E-state index is -0.568. The van der Waals surface area contributed by atoms with Gasteiger partial charge in [0, 0.05) is 19.6 Å². The molecule has 11 heavy (non-hydrogen) atoms. The monoisotopic (exact) mass is 161 g/mol. The van der Waals surface area contributed by atoms with Crippen molar-refractivity contribution in [3.05, 3.63) is 0 Å². The third-order valence-corrected chi connectivity index (χ3v) is 2.01. The fourth-order valence-corrected chi connectivity index (χ4v) is 1.24. The summed E-state index contributed by atoms with van der Waals surface area (Å²) in [7, 11) is 1.57. The van der Waals surface area contributed by atoms with E-state index in [1.807, 2.05) is 0 Å². The standard InChI is InChI=1S/C7H15NO3/c1-4-7(9)5(8)3-6(10-2)11-4/h4-7,9H,3,8H2,1-2H3/t4?,5?,6-,7+/m1/s1. The lowest BCUT2D eigenvalue weighted by molar-refractivity contribution is -0.211. The van der Waals surface area contributed by atoms with Crippen molar-refractivity contribution in [2.75, 3.05) is 7.11 Å². The molecule has 0 aromatic rings. The van der Waals surface area contributed by atoms with Crippen molar-refractivity contribution in [3.63, 3.8) is 0 Å². The van der Waals surface area contributed by atoms with Gasteiger partial charge in [-0.25, -0.2) is 0 Å². The number of ether oxygens (including phenoxy) is 2. The van der Waals surface area contributed by atoms with Gasteiger partial charge in [-0.2, -0.15) is 0 Å². The third-order valence-electron chi connectivity index (χ3n) is 2.01. The summed E-state index contributed by atoms with van der Waals surface area (Å²) in [6.07, 6.45) is -0.504. The summed E-state index contributed by atoms with van der Waals surface area (Å²) in [4.78, 5) is 0. The first-order chi connectivity index (χ1) is 5.15. The van der Waals surface area contributed by atoms with E-state index in [1.54, 1.807) is 14.0 Å². The van der Waals surface area contributed by atoms with E-state index in [0.717, 1.165) is 0 Å². The van der Waals surface area contributed by atoms with Gasteiger partial charge in [0.15, 0.2) is 6.29 Å². The molecule has 4 heteroatoms. The highest BCUT2D eigenvalue weighted by molar-refractivity contribution is 4.82. The lowest BCUT2D eigenvalue weighted by atomic mass is 10.0. The maximum absolute atomic E-state index is 9.35. The lowest BCUT2D eigenvalue weighted by Gasteiger charge is -2.35. The molecule has 0 aromatic carbocycles. The molecule has 66 valence electrons. The zero-order valence-corrected chi connectivity index (χ0v) is 6.86. The highest BCUT2D eigenvalue weighted by Crippen LogP contribution is 2.18. The second kappa shape index (κ2) is 3.49. The van der Waals surface area contributed by atoms with Gasteiger partial charge in [-0.3, -0.25) is 0 Å². The Morgan fingerprint density at radius 1 is 1.64 bits per heavy atom. The maximum atomic E-state index is 9.35. The molecular weight excluding hydrogens is 146 g/mol. The van der Waals surface area contributed by atoms with Crippen molar-refractivity contribution < 1.29 is 14.6 Å². The molecule has 2 unspecified atom stereocenters. The first kappa shape index (κ1) is 8.93. The van der Waals surface area contributed by atoms with Gasteiger partial charge in [0.05, 0.1) is 12.2 Å². The smallest absolute Gasteiger partial charge is 0.159 e. The lowest BCUT2D eigenvalue weighted by Crippen LogP contribution is -2.51. The minimum absolute atomic E-state index is 0.233. The molecule has 1 saturated heterocycles. The molecule has 1 aliphatic heterocycles. The summed E-state index contributed by atoms with van der Waals surface area (Å²) in [6.45, 7) is 1.79.